The van der Waals surface area contributed by atoms with Gasteiger partial charge in [0.05, 0.1) is 0 Å². The van der Waals surface area contributed by atoms with Crippen LogP contribution in [0.5, 0.6) is 0 Å². The van der Waals surface area contributed by atoms with Gasteiger partial charge in [0.15, 0.2) is 0 Å². The molecule has 6 nitrogen and oxygen atoms in total. The first-order chi connectivity index (χ1) is 11.0. The van der Waals surface area contributed by atoms with Crippen molar-refractivity contribution in [1.82, 2.24) is 25.5 Å². The Hall–Kier alpha value is -1.73. The minimum atomic E-state index is -0.309. The predicted octanol–water partition coefficient (Wildman–Crippen LogP) is 2.32. The molecule has 1 atom stereocenters. The molecule has 1 aromatic heterocycles. The maximum absolute atomic E-state index is 13.2. The molecule has 1 aliphatic rings. The van der Waals surface area contributed by atoms with Crippen LogP contribution in [-0.2, 0) is 7.05 Å². The third-order valence-corrected chi connectivity index (χ3v) is 4.62. The van der Waals surface area contributed by atoms with Crippen molar-refractivity contribution in [3.63, 3.8) is 0 Å². The summed E-state index contributed by atoms with van der Waals surface area (Å²) >= 11 is 6.14. The maximum atomic E-state index is 13.2. The van der Waals surface area contributed by atoms with Gasteiger partial charge in [-0.15, -0.1) is 0 Å². The number of rotatable bonds is 4. The Labute approximate surface area is 139 Å². The van der Waals surface area contributed by atoms with Gasteiger partial charge in [-0.25, -0.2) is 9.07 Å². The lowest BCUT2D eigenvalue weighted by Gasteiger charge is -2.34. The van der Waals surface area contributed by atoms with Gasteiger partial charge in [0.25, 0.3) is 0 Å². The molecule has 0 bridgehead atoms. The lowest BCUT2D eigenvalue weighted by Crippen LogP contribution is -2.44. The van der Waals surface area contributed by atoms with E-state index in [1.54, 1.807) is 10.7 Å². The second-order valence-electron chi connectivity index (χ2n) is 5.92. The highest BCUT2D eigenvalue weighted by molar-refractivity contribution is 6.31. The van der Waals surface area contributed by atoms with E-state index in [0.29, 0.717) is 11.1 Å². The van der Waals surface area contributed by atoms with Crippen LogP contribution in [0.25, 0.3) is 0 Å². The van der Waals surface area contributed by atoms with Crippen molar-refractivity contribution < 1.29 is 4.39 Å². The van der Waals surface area contributed by atoms with E-state index in [2.05, 4.69) is 32.7 Å². The number of tetrazole rings is 1. The minimum Gasteiger partial charge on any atom is -0.340 e. The molecule has 1 unspecified atom stereocenters. The Morgan fingerprint density at radius 3 is 2.70 bits per heavy atom. The number of hydrogen-bond acceptors (Lipinski definition) is 5. The van der Waals surface area contributed by atoms with Crippen molar-refractivity contribution in [2.75, 3.05) is 18.0 Å². The third kappa shape index (κ3) is 3.61. The molecule has 0 amide bonds. The summed E-state index contributed by atoms with van der Waals surface area (Å²) in [6.07, 6.45) is 1.99. The quantitative estimate of drug-likeness (QED) is 0.927. The topological polar surface area (TPSA) is 58.9 Å². The Bertz CT molecular complexity index is 668. The molecule has 1 saturated heterocycles. The molecular weight excluding hydrogens is 319 g/mol. The molecule has 1 aromatic carbocycles. The van der Waals surface area contributed by atoms with E-state index in [4.69, 9.17) is 11.6 Å². The van der Waals surface area contributed by atoms with Crippen LogP contribution >= 0.6 is 11.6 Å². The number of nitrogens with one attached hydrogen (secondary N) is 1. The van der Waals surface area contributed by atoms with E-state index < -0.39 is 0 Å². The molecular formula is C15H20ClFN6. The highest BCUT2D eigenvalue weighted by atomic mass is 35.5. The fourth-order valence-electron chi connectivity index (χ4n) is 3.03. The number of aromatic nitrogens is 4. The van der Waals surface area contributed by atoms with Crippen molar-refractivity contribution in [1.29, 1.82) is 0 Å². The number of nitrogens with zero attached hydrogens (tertiary/aromatic N) is 5. The lowest BCUT2D eigenvalue weighted by atomic mass is 10.0. The zero-order valence-corrected chi connectivity index (χ0v) is 14.0. The Balaban J connectivity index is 1.57. The molecule has 0 aliphatic carbocycles. The first-order valence-corrected chi connectivity index (χ1v) is 8.10. The van der Waals surface area contributed by atoms with Crippen molar-refractivity contribution in [2.24, 2.45) is 7.05 Å². The van der Waals surface area contributed by atoms with Gasteiger partial charge in [-0.2, -0.15) is 0 Å². The number of anilines is 1. The van der Waals surface area contributed by atoms with Crippen LogP contribution in [0.3, 0.4) is 0 Å². The molecule has 0 radical (unpaired) electrons. The zero-order valence-electron chi connectivity index (χ0n) is 13.2. The summed E-state index contributed by atoms with van der Waals surface area (Å²) in [6, 6.07) is 5.03. The van der Waals surface area contributed by atoms with Crippen molar-refractivity contribution in [2.45, 2.75) is 31.8 Å². The van der Waals surface area contributed by atoms with Crippen molar-refractivity contribution >= 4 is 17.5 Å². The first kappa shape index (κ1) is 16.1. The van der Waals surface area contributed by atoms with Crippen molar-refractivity contribution in [3.05, 3.63) is 34.6 Å². The van der Waals surface area contributed by atoms with E-state index in [-0.39, 0.29) is 11.9 Å². The molecule has 1 N–H and O–H groups in total. The average Bonchev–Trinajstić information content (AvgIpc) is 2.94. The summed E-state index contributed by atoms with van der Waals surface area (Å²) in [4.78, 5) is 2.19. The molecule has 3 rings (SSSR count). The van der Waals surface area contributed by atoms with Crippen LogP contribution in [0.1, 0.15) is 31.4 Å². The van der Waals surface area contributed by atoms with Crippen LogP contribution in [0.2, 0.25) is 5.02 Å². The molecule has 124 valence electrons. The Morgan fingerprint density at radius 1 is 1.35 bits per heavy atom. The lowest BCUT2D eigenvalue weighted by molar-refractivity contribution is 0.377. The average molecular weight is 339 g/mol. The number of halogens is 2. The standard InChI is InChI=1S/C15H20ClFN6/c1-10(13-4-3-11(17)9-14(13)16)18-12-5-7-23(8-6-12)15-19-20-21-22(15)2/h3-4,9-10,12,18H,5-8H2,1-2H3. The molecule has 1 fully saturated rings. The highest BCUT2D eigenvalue weighted by Gasteiger charge is 2.24. The summed E-state index contributed by atoms with van der Waals surface area (Å²) in [5, 5.41) is 15.6. The number of aryl methyl sites for hydroxylation is 1. The van der Waals surface area contributed by atoms with Gasteiger partial charge in [0.1, 0.15) is 5.82 Å². The fourth-order valence-corrected chi connectivity index (χ4v) is 3.37. The van der Waals surface area contributed by atoms with E-state index in [1.807, 2.05) is 7.05 Å². The summed E-state index contributed by atoms with van der Waals surface area (Å²) in [5.74, 6) is 0.495. The van der Waals surface area contributed by atoms with Crippen LogP contribution in [-0.4, -0.2) is 39.3 Å². The van der Waals surface area contributed by atoms with E-state index in [9.17, 15) is 4.39 Å². The van der Waals surface area contributed by atoms with E-state index in [1.165, 1.54) is 12.1 Å². The van der Waals surface area contributed by atoms with Crippen molar-refractivity contribution in [3.8, 4) is 0 Å². The van der Waals surface area contributed by atoms with Crippen LogP contribution in [0, 0.1) is 5.82 Å². The summed E-state index contributed by atoms with van der Waals surface area (Å²) in [7, 11) is 1.85. The first-order valence-electron chi connectivity index (χ1n) is 7.73. The molecule has 0 spiro atoms. The van der Waals surface area contributed by atoms with Crippen LogP contribution in [0.15, 0.2) is 18.2 Å². The largest absolute Gasteiger partial charge is 0.340 e. The molecule has 2 heterocycles. The summed E-state index contributed by atoms with van der Waals surface area (Å²) in [5.41, 5.74) is 0.924. The number of hydrogen-bond donors (Lipinski definition) is 1. The van der Waals surface area contributed by atoms with Gasteiger partial charge >= 0.3 is 0 Å². The minimum absolute atomic E-state index is 0.0798. The normalized spacial score (nSPS) is 17.5. The monoisotopic (exact) mass is 338 g/mol. The van der Waals surface area contributed by atoms with Crippen LogP contribution < -0.4 is 10.2 Å². The Morgan fingerprint density at radius 2 is 2.09 bits per heavy atom. The smallest absolute Gasteiger partial charge is 0.245 e. The van der Waals surface area contributed by atoms with Crippen LogP contribution in [0.4, 0.5) is 10.3 Å². The fraction of sp³-hybridized carbons (Fsp3) is 0.533. The number of benzene rings is 1. The predicted molar refractivity (Wildman–Crippen MR) is 87.0 cm³/mol. The Kier molecular flexibility index (Phi) is 4.77. The molecule has 1 aliphatic heterocycles. The van der Waals surface area contributed by atoms with Gasteiger partial charge in [-0.1, -0.05) is 22.8 Å². The zero-order chi connectivity index (χ0) is 16.4. The molecule has 23 heavy (non-hydrogen) atoms. The maximum Gasteiger partial charge on any atom is 0.245 e. The SMILES string of the molecule is CC(NC1CCN(c2nnnn2C)CC1)c1ccc(F)cc1Cl. The third-order valence-electron chi connectivity index (χ3n) is 4.29. The van der Waals surface area contributed by atoms with E-state index in [0.717, 1.165) is 37.4 Å². The molecule has 0 saturated carbocycles. The molecule has 2 aromatic rings. The summed E-state index contributed by atoms with van der Waals surface area (Å²) < 4.78 is 14.8. The number of piperidine rings is 1. The molecule has 8 heteroatoms. The van der Waals surface area contributed by atoms with Gasteiger partial charge in [-0.3, -0.25) is 0 Å². The second kappa shape index (κ2) is 6.80. The van der Waals surface area contributed by atoms with E-state index >= 15 is 0 Å². The van der Waals surface area contributed by atoms with Gasteiger partial charge in [0.2, 0.25) is 5.95 Å². The van der Waals surface area contributed by atoms with Gasteiger partial charge in [0, 0.05) is 37.2 Å². The van der Waals surface area contributed by atoms with Gasteiger partial charge < -0.3 is 10.2 Å². The second-order valence-corrected chi connectivity index (χ2v) is 6.33. The van der Waals surface area contributed by atoms with Gasteiger partial charge in [-0.05, 0) is 47.9 Å². The highest BCUT2D eigenvalue weighted by Crippen LogP contribution is 2.25. The summed E-state index contributed by atoms with van der Waals surface area (Å²) in [6.45, 7) is 3.85.